The number of halogens is 2. The smallest absolute Gasteiger partial charge is 0.271 e. The summed E-state index contributed by atoms with van der Waals surface area (Å²) in [5.41, 5.74) is 1.63. The zero-order valence-corrected chi connectivity index (χ0v) is 11.8. The number of pyridine rings is 1. The fraction of sp³-hybridized carbons (Fsp3) is 0. The van der Waals surface area contributed by atoms with Crippen LogP contribution in [0.25, 0.3) is 10.9 Å². The first-order chi connectivity index (χ1) is 10.5. The molecule has 0 aliphatic heterocycles. The Labute approximate surface area is 129 Å². The van der Waals surface area contributed by atoms with Gasteiger partial charge < -0.3 is 5.32 Å². The Morgan fingerprint density at radius 2 is 1.95 bits per heavy atom. The average molecular weight is 318 g/mol. The van der Waals surface area contributed by atoms with Crippen LogP contribution in [0.5, 0.6) is 0 Å². The van der Waals surface area contributed by atoms with Crippen LogP contribution in [-0.2, 0) is 0 Å². The van der Waals surface area contributed by atoms with Gasteiger partial charge in [-0.1, -0.05) is 11.6 Å². The number of nitro benzene ring substituents is 1. The lowest BCUT2D eigenvalue weighted by Crippen LogP contribution is -1.95. The molecule has 0 radical (unpaired) electrons. The minimum Gasteiger partial charge on any atom is -0.354 e. The average Bonchev–Trinajstić information content (AvgIpc) is 2.49. The van der Waals surface area contributed by atoms with E-state index in [1.165, 1.54) is 30.3 Å². The molecule has 0 saturated carbocycles. The van der Waals surface area contributed by atoms with Crippen molar-refractivity contribution in [3.8, 4) is 0 Å². The standard InChI is InChI=1S/C15H9ClFN3O2/c16-12-8-10(20(21)22)2-4-15(12)19-14-5-6-18-13-3-1-9(17)7-11(13)14/h1-8H,(H,18,19). The minimum absolute atomic E-state index is 0.0961. The molecule has 3 rings (SSSR count). The Morgan fingerprint density at radius 3 is 2.68 bits per heavy atom. The SMILES string of the molecule is O=[N+]([O-])c1ccc(Nc2ccnc3ccc(F)cc23)c(Cl)c1. The van der Waals surface area contributed by atoms with Crippen molar-refractivity contribution in [2.75, 3.05) is 5.32 Å². The molecule has 0 aliphatic rings. The van der Waals surface area contributed by atoms with Gasteiger partial charge in [0, 0.05) is 29.4 Å². The van der Waals surface area contributed by atoms with E-state index in [1.807, 2.05) is 0 Å². The van der Waals surface area contributed by atoms with Gasteiger partial charge in [0.25, 0.3) is 5.69 Å². The van der Waals surface area contributed by atoms with Gasteiger partial charge in [0.15, 0.2) is 0 Å². The summed E-state index contributed by atoms with van der Waals surface area (Å²) >= 11 is 6.05. The van der Waals surface area contributed by atoms with E-state index < -0.39 is 4.92 Å². The number of fused-ring (bicyclic) bond motifs is 1. The van der Waals surface area contributed by atoms with Crippen molar-refractivity contribution in [3.63, 3.8) is 0 Å². The molecule has 0 amide bonds. The number of rotatable bonds is 3. The Balaban J connectivity index is 2.03. The monoisotopic (exact) mass is 317 g/mol. The van der Waals surface area contributed by atoms with Crippen LogP contribution in [0.15, 0.2) is 48.7 Å². The van der Waals surface area contributed by atoms with Gasteiger partial charge in [0.2, 0.25) is 0 Å². The maximum absolute atomic E-state index is 13.4. The fourth-order valence-corrected chi connectivity index (χ4v) is 2.31. The summed E-state index contributed by atoms with van der Waals surface area (Å²) in [5, 5.41) is 14.6. The molecule has 0 saturated heterocycles. The lowest BCUT2D eigenvalue weighted by molar-refractivity contribution is -0.384. The van der Waals surface area contributed by atoms with E-state index >= 15 is 0 Å². The van der Waals surface area contributed by atoms with Crippen molar-refractivity contribution in [3.05, 3.63) is 69.6 Å². The van der Waals surface area contributed by atoms with Crippen molar-refractivity contribution < 1.29 is 9.31 Å². The highest BCUT2D eigenvalue weighted by molar-refractivity contribution is 6.33. The predicted molar refractivity (Wildman–Crippen MR) is 83.1 cm³/mol. The maximum atomic E-state index is 13.4. The predicted octanol–water partition coefficient (Wildman–Crippen LogP) is 4.68. The van der Waals surface area contributed by atoms with Gasteiger partial charge in [0.1, 0.15) is 5.82 Å². The van der Waals surface area contributed by atoms with Crippen LogP contribution in [-0.4, -0.2) is 9.91 Å². The first-order valence-electron chi connectivity index (χ1n) is 6.30. The van der Waals surface area contributed by atoms with Crippen LogP contribution in [0.3, 0.4) is 0 Å². The number of benzene rings is 2. The summed E-state index contributed by atoms with van der Waals surface area (Å²) in [7, 11) is 0. The molecule has 1 aromatic heterocycles. The molecule has 2 aromatic carbocycles. The number of hydrogen-bond donors (Lipinski definition) is 1. The number of non-ortho nitro benzene ring substituents is 1. The van der Waals surface area contributed by atoms with E-state index in [-0.39, 0.29) is 16.5 Å². The van der Waals surface area contributed by atoms with E-state index in [9.17, 15) is 14.5 Å². The van der Waals surface area contributed by atoms with E-state index in [4.69, 9.17) is 11.6 Å². The largest absolute Gasteiger partial charge is 0.354 e. The minimum atomic E-state index is -0.521. The Bertz CT molecular complexity index is 886. The van der Waals surface area contributed by atoms with Gasteiger partial charge in [0.05, 0.1) is 21.2 Å². The van der Waals surface area contributed by atoms with Crippen molar-refractivity contribution >= 4 is 39.6 Å². The number of aromatic nitrogens is 1. The molecule has 0 spiro atoms. The van der Waals surface area contributed by atoms with Crippen molar-refractivity contribution in [2.45, 2.75) is 0 Å². The van der Waals surface area contributed by atoms with Gasteiger partial charge in [-0.3, -0.25) is 15.1 Å². The molecule has 3 aromatic rings. The van der Waals surface area contributed by atoms with E-state index in [1.54, 1.807) is 18.3 Å². The summed E-state index contributed by atoms with van der Waals surface area (Å²) in [6.45, 7) is 0. The van der Waals surface area contributed by atoms with E-state index in [0.29, 0.717) is 22.3 Å². The summed E-state index contributed by atoms with van der Waals surface area (Å²) in [6, 6.07) is 10.1. The summed E-state index contributed by atoms with van der Waals surface area (Å²) < 4.78 is 13.4. The molecule has 0 fully saturated rings. The molecule has 1 N–H and O–H groups in total. The molecule has 0 aliphatic carbocycles. The van der Waals surface area contributed by atoms with Gasteiger partial charge >= 0.3 is 0 Å². The van der Waals surface area contributed by atoms with Gasteiger partial charge in [-0.25, -0.2) is 4.39 Å². The third-order valence-corrected chi connectivity index (χ3v) is 3.45. The molecule has 22 heavy (non-hydrogen) atoms. The molecule has 0 bridgehead atoms. The zero-order valence-electron chi connectivity index (χ0n) is 11.1. The quantitative estimate of drug-likeness (QED) is 0.562. The van der Waals surface area contributed by atoms with Gasteiger partial charge in [-0.05, 0) is 30.3 Å². The number of nitrogens with one attached hydrogen (secondary N) is 1. The van der Waals surface area contributed by atoms with Crippen LogP contribution < -0.4 is 5.32 Å². The third-order valence-electron chi connectivity index (χ3n) is 3.14. The topological polar surface area (TPSA) is 68.1 Å². The number of anilines is 2. The molecule has 1 heterocycles. The highest BCUT2D eigenvalue weighted by Crippen LogP contribution is 2.31. The van der Waals surface area contributed by atoms with Crippen LogP contribution in [0, 0.1) is 15.9 Å². The fourth-order valence-electron chi connectivity index (χ4n) is 2.09. The lowest BCUT2D eigenvalue weighted by atomic mass is 10.1. The molecule has 110 valence electrons. The van der Waals surface area contributed by atoms with Crippen LogP contribution in [0.4, 0.5) is 21.5 Å². The molecular weight excluding hydrogens is 309 g/mol. The third kappa shape index (κ3) is 2.68. The van der Waals surface area contributed by atoms with Gasteiger partial charge in [-0.15, -0.1) is 0 Å². The highest BCUT2D eigenvalue weighted by atomic mass is 35.5. The molecule has 7 heteroatoms. The van der Waals surface area contributed by atoms with E-state index in [0.717, 1.165) is 0 Å². The molecule has 5 nitrogen and oxygen atoms in total. The molecule has 0 atom stereocenters. The van der Waals surface area contributed by atoms with Crippen LogP contribution >= 0.6 is 11.6 Å². The second-order valence-electron chi connectivity index (χ2n) is 4.57. The second-order valence-corrected chi connectivity index (χ2v) is 4.97. The first kappa shape index (κ1) is 14.2. The lowest BCUT2D eigenvalue weighted by Gasteiger charge is -2.11. The summed E-state index contributed by atoms with van der Waals surface area (Å²) in [6.07, 6.45) is 1.59. The Hall–Kier alpha value is -2.73. The van der Waals surface area contributed by atoms with Crippen molar-refractivity contribution in [1.29, 1.82) is 0 Å². The normalized spacial score (nSPS) is 10.6. The Kier molecular flexibility index (Phi) is 3.60. The van der Waals surface area contributed by atoms with Crippen LogP contribution in [0.1, 0.15) is 0 Å². The number of hydrogen-bond acceptors (Lipinski definition) is 4. The molecular formula is C15H9ClFN3O2. The zero-order chi connectivity index (χ0) is 15.7. The Morgan fingerprint density at radius 1 is 1.14 bits per heavy atom. The molecule has 0 unspecified atom stereocenters. The summed E-state index contributed by atoms with van der Waals surface area (Å²) in [4.78, 5) is 14.3. The highest BCUT2D eigenvalue weighted by Gasteiger charge is 2.11. The van der Waals surface area contributed by atoms with E-state index in [2.05, 4.69) is 10.3 Å². The van der Waals surface area contributed by atoms with Gasteiger partial charge in [-0.2, -0.15) is 0 Å². The number of nitrogens with zero attached hydrogens (tertiary/aromatic N) is 2. The maximum Gasteiger partial charge on any atom is 0.271 e. The van der Waals surface area contributed by atoms with Crippen molar-refractivity contribution in [1.82, 2.24) is 4.98 Å². The second kappa shape index (κ2) is 5.57. The number of nitro groups is 1. The van der Waals surface area contributed by atoms with Crippen molar-refractivity contribution in [2.24, 2.45) is 0 Å². The van der Waals surface area contributed by atoms with Crippen LogP contribution in [0.2, 0.25) is 5.02 Å². The first-order valence-corrected chi connectivity index (χ1v) is 6.67. The summed E-state index contributed by atoms with van der Waals surface area (Å²) in [5.74, 6) is -0.377.